The van der Waals surface area contributed by atoms with Gasteiger partial charge < -0.3 is 15.0 Å². The van der Waals surface area contributed by atoms with E-state index >= 15 is 0 Å². The quantitative estimate of drug-likeness (QED) is 0.910. The zero-order valence-electron chi connectivity index (χ0n) is 14.2. The van der Waals surface area contributed by atoms with Gasteiger partial charge in [-0.2, -0.15) is 0 Å². The molecule has 0 unspecified atom stereocenters. The first-order valence-corrected chi connectivity index (χ1v) is 8.41. The molecule has 0 atom stereocenters. The van der Waals surface area contributed by atoms with E-state index in [9.17, 15) is 4.79 Å². The van der Waals surface area contributed by atoms with Gasteiger partial charge in [0, 0.05) is 25.0 Å². The van der Waals surface area contributed by atoms with E-state index < -0.39 is 0 Å². The van der Waals surface area contributed by atoms with Crippen molar-refractivity contribution in [2.75, 3.05) is 23.3 Å². The molecule has 1 N–H and O–H groups in total. The molecule has 1 saturated heterocycles. The molecule has 0 bridgehead atoms. The summed E-state index contributed by atoms with van der Waals surface area (Å²) in [7, 11) is 0. The zero-order valence-corrected chi connectivity index (χ0v) is 14.2. The van der Waals surface area contributed by atoms with Crippen LogP contribution in [0.2, 0.25) is 0 Å². The largest absolute Gasteiger partial charge is 0.489 e. The third kappa shape index (κ3) is 3.85. The summed E-state index contributed by atoms with van der Waals surface area (Å²) in [5.41, 5.74) is 2.13. The number of aromatic nitrogens is 1. The molecule has 1 amide bonds. The van der Waals surface area contributed by atoms with Crippen LogP contribution in [0.5, 0.6) is 5.75 Å². The molecule has 24 heavy (non-hydrogen) atoms. The Bertz CT molecular complexity index is 709. The number of pyridine rings is 1. The van der Waals surface area contributed by atoms with Crippen LogP contribution in [0, 0.1) is 0 Å². The highest BCUT2D eigenvalue weighted by molar-refractivity contribution is 6.04. The predicted octanol–water partition coefficient (Wildman–Crippen LogP) is 3.72. The van der Waals surface area contributed by atoms with Crippen molar-refractivity contribution in [3.05, 3.63) is 48.3 Å². The van der Waals surface area contributed by atoms with Gasteiger partial charge in [0.15, 0.2) is 0 Å². The van der Waals surface area contributed by atoms with Crippen molar-refractivity contribution >= 4 is 17.3 Å². The highest BCUT2D eigenvalue weighted by Crippen LogP contribution is 2.26. The number of rotatable bonds is 5. The predicted molar refractivity (Wildman–Crippen MR) is 95.8 cm³/mol. The minimum absolute atomic E-state index is 0.0414. The lowest BCUT2D eigenvalue weighted by molar-refractivity contribution is 0.102. The number of benzene rings is 1. The van der Waals surface area contributed by atoms with Gasteiger partial charge in [-0.25, -0.2) is 0 Å². The Labute approximate surface area is 142 Å². The SMILES string of the molecule is CC(C)Oc1ccccc1NC(=O)c1cc(N2CCCC2)ccn1. The van der Waals surface area contributed by atoms with Gasteiger partial charge in [0.2, 0.25) is 0 Å². The molecule has 1 aliphatic rings. The van der Waals surface area contributed by atoms with Crippen molar-refractivity contribution in [3.63, 3.8) is 0 Å². The Balaban J connectivity index is 1.77. The third-order valence-electron chi connectivity index (χ3n) is 3.95. The summed E-state index contributed by atoms with van der Waals surface area (Å²) < 4.78 is 5.74. The minimum atomic E-state index is -0.226. The number of para-hydroxylation sites is 2. The van der Waals surface area contributed by atoms with Gasteiger partial charge in [-0.05, 0) is 51.0 Å². The van der Waals surface area contributed by atoms with E-state index in [0.29, 0.717) is 17.1 Å². The minimum Gasteiger partial charge on any atom is -0.489 e. The fraction of sp³-hybridized carbons (Fsp3) is 0.368. The van der Waals surface area contributed by atoms with Crippen LogP contribution >= 0.6 is 0 Å². The Morgan fingerprint density at radius 2 is 1.96 bits per heavy atom. The maximum atomic E-state index is 12.6. The average molecular weight is 325 g/mol. The lowest BCUT2D eigenvalue weighted by Gasteiger charge is -2.18. The summed E-state index contributed by atoms with van der Waals surface area (Å²) in [6.45, 7) is 5.99. The second kappa shape index (κ2) is 7.34. The first-order chi connectivity index (χ1) is 11.6. The van der Waals surface area contributed by atoms with Crippen molar-refractivity contribution in [2.24, 2.45) is 0 Å². The van der Waals surface area contributed by atoms with Gasteiger partial charge in [-0.1, -0.05) is 12.1 Å². The molecular weight excluding hydrogens is 302 g/mol. The van der Waals surface area contributed by atoms with Crippen molar-refractivity contribution in [1.29, 1.82) is 0 Å². The van der Waals surface area contributed by atoms with Crippen LogP contribution in [0.3, 0.4) is 0 Å². The van der Waals surface area contributed by atoms with Gasteiger partial charge >= 0.3 is 0 Å². The van der Waals surface area contributed by atoms with Gasteiger partial charge in [-0.3, -0.25) is 9.78 Å². The normalized spacial score (nSPS) is 14.0. The molecule has 5 nitrogen and oxygen atoms in total. The van der Waals surface area contributed by atoms with Gasteiger partial charge in [0.05, 0.1) is 11.8 Å². The summed E-state index contributed by atoms with van der Waals surface area (Å²) in [5, 5.41) is 2.91. The molecule has 5 heteroatoms. The maximum absolute atomic E-state index is 12.6. The van der Waals surface area contributed by atoms with E-state index in [-0.39, 0.29) is 12.0 Å². The molecule has 0 aliphatic carbocycles. The molecule has 1 aliphatic heterocycles. The van der Waals surface area contributed by atoms with Crippen LogP contribution in [0.25, 0.3) is 0 Å². The Kier molecular flexibility index (Phi) is 4.99. The number of carbonyl (C=O) groups is 1. The van der Waals surface area contributed by atoms with E-state index in [1.54, 1.807) is 6.20 Å². The number of hydrogen-bond donors (Lipinski definition) is 1. The smallest absolute Gasteiger partial charge is 0.274 e. The number of nitrogens with one attached hydrogen (secondary N) is 1. The standard InChI is InChI=1S/C19H23N3O2/c1-14(2)24-18-8-4-3-7-16(18)21-19(23)17-13-15(9-10-20-17)22-11-5-6-12-22/h3-4,7-10,13-14H,5-6,11-12H2,1-2H3,(H,21,23). The zero-order chi connectivity index (χ0) is 16.9. The molecule has 0 radical (unpaired) electrons. The van der Waals surface area contributed by atoms with Crippen LogP contribution in [0.4, 0.5) is 11.4 Å². The van der Waals surface area contributed by atoms with E-state index in [2.05, 4.69) is 15.2 Å². The topological polar surface area (TPSA) is 54.5 Å². The molecular formula is C19H23N3O2. The van der Waals surface area contributed by atoms with E-state index in [0.717, 1.165) is 18.8 Å². The van der Waals surface area contributed by atoms with Gasteiger partial charge in [-0.15, -0.1) is 0 Å². The summed E-state index contributed by atoms with van der Waals surface area (Å²) in [6.07, 6.45) is 4.13. The monoisotopic (exact) mass is 325 g/mol. The third-order valence-corrected chi connectivity index (χ3v) is 3.95. The van der Waals surface area contributed by atoms with Crippen LogP contribution < -0.4 is 15.0 Å². The number of carbonyl (C=O) groups excluding carboxylic acids is 1. The molecule has 126 valence electrons. The van der Waals surface area contributed by atoms with E-state index in [4.69, 9.17) is 4.74 Å². The Morgan fingerprint density at radius 1 is 1.21 bits per heavy atom. The van der Waals surface area contributed by atoms with Crippen molar-refractivity contribution < 1.29 is 9.53 Å². The van der Waals surface area contributed by atoms with Crippen LogP contribution in [0.1, 0.15) is 37.2 Å². The van der Waals surface area contributed by atoms with Crippen LogP contribution in [0.15, 0.2) is 42.6 Å². The second-order valence-corrected chi connectivity index (χ2v) is 6.21. The fourth-order valence-electron chi connectivity index (χ4n) is 2.83. The Morgan fingerprint density at radius 3 is 2.71 bits per heavy atom. The van der Waals surface area contributed by atoms with E-state index in [1.807, 2.05) is 50.2 Å². The highest BCUT2D eigenvalue weighted by atomic mass is 16.5. The first kappa shape index (κ1) is 16.3. The maximum Gasteiger partial charge on any atom is 0.274 e. The Hall–Kier alpha value is -2.56. The lowest BCUT2D eigenvalue weighted by atomic mass is 10.2. The van der Waals surface area contributed by atoms with Crippen LogP contribution in [-0.2, 0) is 0 Å². The highest BCUT2D eigenvalue weighted by Gasteiger charge is 2.16. The number of amides is 1. The number of ether oxygens (including phenoxy) is 1. The first-order valence-electron chi connectivity index (χ1n) is 8.41. The van der Waals surface area contributed by atoms with E-state index in [1.165, 1.54) is 12.8 Å². The second-order valence-electron chi connectivity index (χ2n) is 6.21. The summed E-state index contributed by atoms with van der Waals surface area (Å²) in [5.74, 6) is 0.437. The number of anilines is 2. The number of nitrogens with zero attached hydrogens (tertiary/aromatic N) is 2. The van der Waals surface area contributed by atoms with Gasteiger partial charge in [0.25, 0.3) is 5.91 Å². The van der Waals surface area contributed by atoms with Gasteiger partial charge in [0.1, 0.15) is 11.4 Å². The molecule has 1 aromatic heterocycles. The van der Waals surface area contributed by atoms with Crippen molar-refractivity contribution in [3.8, 4) is 5.75 Å². The van der Waals surface area contributed by atoms with Crippen molar-refractivity contribution in [1.82, 2.24) is 4.98 Å². The summed E-state index contributed by atoms with van der Waals surface area (Å²) in [4.78, 5) is 19.1. The molecule has 0 spiro atoms. The van der Waals surface area contributed by atoms with Crippen LogP contribution in [-0.4, -0.2) is 30.1 Å². The molecule has 1 fully saturated rings. The molecule has 3 rings (SSSR count). The fourth-order valence-corrected chi connectivity index (χ4v) is 2.83. The summed E-state index contributed by atoms with van der Waals surface area (Å²) >= 11 is 0. The lowest BCUT2D eigenvalue weighted by Crippen LogP contribution is -2.20. The molecule has 0 saturated carbocycles. The molecule has 2 aromatic rings. The number of hydrogen-bond acceptors (Lipinski definition) is 4. The van der Waals surface area contributed by atoms with Crippen molar-refractivity contribution in [2.45, 2.75) is 32.8 Å². The average Bonchev–Trinajstić information content (AvgIpc) is 3.11. The molecule has 1 aromatic carbocycles. The summed E-state index contributed by atoms with van der Waals surface area (Å²) in [6, 6.07) is 11.3. The molecule has 2 heterocycles.